The lowest BCUT2D eigenvalue weighted by Crippen LogP contribution is -2.36. The summed E-state index contributed by atoms with van der Waals surface area (Å²) in [6.45, 7) is 1.04. The molecule has 1 aliphatic rings. The molecule has 5 heteroatoms. The molecule has 1 amide bonds. The molecule has 1 aliphatic heterocycles. The van der Waals surface area contributed by atoms with Crippen LogP contribution in [0.2, 0.25) is 5.02 Å². The van der Waals surface area contributed by atoms with Crippen LogP contribution >= 0.6 is 11.6 Å². The highest BCUT2D eigenvalue weighted by Gasteiger charge is 2.31. The first kappa shape index (κ1) is 14.3. The average molecular weight is 283 g/mol. The summed E-state index contributed by atoms with van der Waals surface area (Å²) in [5.41, 5.74) is 6.60. The molecule has 4 nitrogen and oxygen atoms in total. The van der Waals surface area contributed by atoms with Crippen LogP contribution in [-0.4, -0.2) is 36.6 Å². The Morgan fingerprint density at radius 2 is 2.11 bits per heavy atom. The van der Waals surface area contributed by atoms with Crippen LogP contribution in [0.25, 0.3) is 0 Å². The van der Waals surface area contributed by atoms with Gasteiger partial charge in [-0.05, 0) is 30.5 Å². The van der Waals surface area contributed by atoms with Gasteiger partial charge in [0.2, 0.25) is 0 Å². The maximum Gasteiger partial charge on any atom is 0.251 e. The van der Waals surface area contributed by atoms with Crippen LogP contribution in [0, 0.1) is 0 Å². The minimum Gasteiger partial charge on any atom is -0.364 e. The van der Waals surface area contributed by atoms with Gasteiger partial charge in [0.25, 0.3) is 5.91 Å². The molecule has 0 radical (unpaired) electrons. The third-order valence-corrected chi connectivity index (χ3v) is 3.61. The van der Waals surface area contributed by atoms with E-state index in [0.717, 1.165) is 18.4 Å². The van der Waals surface area contributed by atoms with Gasteiger partial charge in [-0.3, -0.25) is 4.79 Å². The zero-order valence-electron chi connectivity index (χ0n) is 11.0. The normalized spacial score (nSPS) is 22.5. The zero-order valence-corrected chi connectivity index (χ0v) is 11.8. The Labute approximate surface area is 118 Å². The quantitative estimate of drug-likeness (QED) is 0.916. The first-order chi connectivity index (χ1) is 9.10. The van der Waals surface area contributed by atoms with Gasteiger partial charge in [-0.1, -0.05) is 23.7 Å². The third kappa shape index (κ3) is 3.69. The first-order valence-electron chi connectivity index (χ1n) is 6.45. The molecule has 2 atom stereocenters. The van der Waals surface area contributed by atoms with Crippen LogP contribution in [0.3, 0.4) is 0 Å². The Morgan fingerprint density at radius 1 is 1.42 bits per heavy atom. The van der Waals surface area contributed by atoms with Crippen molar-refractivity contribution in [1.29, 1.82) is 0 Å². The SMILES string of the molecule is CN(Cc1ccc(Cl)cc1)C(=O)[C@@H]1CC[C@H](CN)O1. The second-order valence-electron chi connectivity index (χ2n) is 4.88. The van der Waals surface area contributed by atoms with E-state index in [1.807, 2.05) is 24.3 Å². The van der Waals surface area contributed by atoms with Crippen molar-refractivity contribution in [3.63, 3.8) is 0 Å². The Kier molecular flexibility index (Phi) is 4.80. The van der Waals surface area contributed by atoms with Gasteiger partial charge >= 0.3 is 0 Å². The standard InChI is InChI=1S/C14H19ClN2O2/c1-17(9-10-2-4-11(15)5-3-10)14(18)13-7-6-12(8-16)19-13/h2-5,12-13H,6-9,16H2,1H3/t12-,13+/m1/s1. The lowest BCUT2D eigenvalue weighted by Gasteiger charge is -2.21. The molecule has 0 bridgehead atoms. The molecule has 104 valence electrons. The van der Waals surface area contributed by atoms with Gasteiger partial charge in [0, 0.05) is 25.2 Å². The number of amides is 1. The molecule has 0 aromatic heterocycles. The number of rotatable bonds is 4. The molecule has 1 heterocycles. The van der Waals surface area contributed by atoms with E-state index in [-0.39, 0.29) is 18.1 Å². The van der Waals surface area contributed by atoms with Gasteiger partial charge in [0.15, 0.2) is 0 Å². The number of carbonyl (C=O) groups excluding carboxylic acids is 1. The topological polar surface area (TPSA) is 55.6 Å². The van der Waals surface area contributed by atoms with Crippen molar-refractivity contribution < 1.29 is 9.53 Å². The van der Waals surface area contributed by atoms with Crippen molar-refractivity contribution in [2.45, 2.75) is 31.6 Å². The van der Waals surface area contributed by atoms with E-state index in [0.29, 0.717) is 18.1 Å². The first-order valence-corrected chi connectivity index (χ1v) is 6.83. The van der Waals surface area contributed by atoms with Crippen molar-refractivity contribution in [3.8, 4) is 0 Å². The number of hydrogen-bond acceptors (Lipinski definition) is 3. The van der Waals surface area contributed by atoms with E-state index < -0.39 is 0 Å². The minimum absolute atomic E-state index is 0.0194. The predicted molar refractivity (Wildman–Crippen MR) is 74.9 cm³/mol. The van der Waals surface area contributed by atoms with Crippen LogP contribution in [0.4, 0.5) is 0 Å². The van der Waals surface area contributed by atoms with Gasteiger partial charge in [0.1, 0.15) is 6.10 Å². The number of likely N-dealkylation sites (N-methyl/N-ethyl adjacent to an activating group) is 1. The molecule has 1 aromatic rings. The highest BCUT2D eigenvalue weighted by Crippen LogP contribution is 2.21. The highest BCUT2D eigenvalue weighted by molar-refractivity contribution is 6.30. The molecule has 2 N–H and O–H groups in total. The molecule has 0 saturated carbocycles. The molecular weight excluding hydrogens is 264 g/mol. The van der Waals surface area contributed by atoms with Crippen LogP contribution < -0.4 is 5.73 Å². The highest BCUT2D eigenvalue weighted by atomic mass is 35.5. The third-order valence-electron chi connectivity index (χ3n) is 3.36. The van der Waals surface area contributed by atoms with Gasteiger partial charge in [-0.2, -0.15) is 0 Å². The number of ether oxygens (including phenoxy) is 1. The molecule has 19 heavy (non-hydrogen) atoms. The van der Waals surface area contributed by atoms with E-state index in [1.165, 1.54) is 0 Å². The maximum atomic E-state index is 12.2. The number of nitrogens with zero attached hydrogens (tertiary/aromatic N) is 1. The number of nitrogens with two attached hydrogens (primary N) is 1. The molecule has 0 spiro atoms. The molecule has 1 saturated heterocycles. The van der Waals surface area contributed by atoms with Crippen LogP contribution in [0.5, 0.6) is 0 Å². The summed E-state index contributed by atoms with van der Waals surface area (Å²) in [5.74, 6) is 0.0194. The predicted octanol–water partition coefficient (Wildman–Crippen LogP) is 1.80. The van der Waals surface area contributed by atoms with Gasteiger partial charge in [0.05, 0.1) is 6.10 Å². The summed E-state index contributed by atoms with van der Waals surface area (Å²) in [7, 11) is 1.79. The van der Waals surface area contributed by atoms with E-state index in [2.05, 4.69) is 0 Å². The Morgan fingerprint density at radius 3 is 2.68 bits per heavy atom. The molecular formula is C14H19ClN2O2. The molecule has 2 rings (SSSR count). The van der Waals surface area contributed by atoms with Gasteiger partial charge in [-0.25, -0.2) is 0 Å². The fraction of sp³-hybridized carbons (Fsp3) is 0.500. The molecule has 0 aliphatic carbocycles. The zero-order chi connectivity index (χ0) is 13.8. The number of carbonyl (C=O) groups is 1. The number of halogens is 1. The van der Waals surface area contributed by atoms with E-state index in [1.54, 1.807) is 11.9 Å². The number of benzene rings is 1. The molecule has 1 aromatic carbocycles. The van der Waals surface area contributed by atoms with Gasteiger partial charge < -0.3 is 15.4 Å². The second kappa shape index (κ2) is 6.37. The minimum atomic E-state index is -0.342. The van der Waals surface area contributed by atoms with Gasteiger partial charge in [-0.15, -0.1) is 0 Å². The average Bonchev–Trinajstić information content (AvgIpc) is 2.89. The summed E-state index contributed by atoms with van der Waals surface area (Å²) < 4.78 is 5.61. The second-order valence-corrected chi connectivity index (χ2v) is 5.32. The van der Waals surface area contributed by atoms with E-state index in [4.69, 9.17) is 22.1 Å². The van der Waals surface area contributed by atoms with Crippen molar-refractivity contribution >= 4 is 17.5 Å². The van der Waals surface area contributed by atoms with Crippen molar-refractivity contribution in [2.75, 3.05) is 13.6 Å². The Bertz CT molecular complexity index is 436. The lowest BCUT2D eigenvalue weighted by atomic mass is 10.1. The molecule has 1 fully saturated rings. The summed E-state index contributed by atoms with van der Waals surface area (Å²) in [4.78, 5) is 13.9. The van der Waals surface area contributed by atoms with Crippen molar-refractivity contribution in [2.24, 2.45) is 5.73 Å². The summed E-state index contributed by atoms with van der Waals surface area (Å²) in [5, 5.41) is 0.697. The number of hydrogen-bond donors (Lipinski definition) is 1. The largest absolute Gasteiger partial charge is 0.364 e. The van der Waals surface area contributed by atoms with Crippen LogP contribution in [0.15, 0.2) is 24.3 Å². The fourth-order valence-electron chi connectivity index (χ4n) is 2.25. The fourth-order valence-corrected chi connectivity index (χ4v) is 2.37. The smallest absolute Gasteiger partial charge is 0.251 e. The van der Waals surface area contributed by atoms with Crippen molar-refractivity contribution in [1.82, 2.24) is 4.90 Å². The molecule has 0 unspecified atom stereocenters. The monoisotopic (exact) mass is 282 g/mol. The summed E-state index contributed by atoms with van der Waals surface area (Å²) in [6, 6.07) is 7.49. The summed E-state index contributed by atoms with van der Waals surface area (Å²) >= 11 is 5.83. The van der Waals surface area contributed by atoms with Crippen LogP contribution in [0.1, 0.15) is 18.4 Å². The maximum absolute atomic E-state index is 12.2. The van der Waals surface area contributed by atoms with Crippen molar-refractivity contribution in [3.05, 3.63) is 34.9 Å². The Hall–Kier alpha value is -1.10. The summed E-state index contributed by atoms with van der Waals surface area (Å²) in [6.07, 6.45) is 1.30. The van der Waals surface area contributed by atoms with E-state index >= 15 is 0 Å². The van der Waals surface area contributed by atoms with Crippen LogP contribution in [-0.2, 0) is 16.1 Å². The Balaban J connectivity index is 1.91. The van der Waals surface area contributed by atoms with E-state index in [9.17, 15) is 4.79 Å². The lowest BCUT2D eigenvalue weighted by molar-refractivity contribution is -0.141.